The lowest BCUT2D eigenvalue weighted by Crippen LogP contribution is -2.03. The summed E-state index contributed by atoms with van der Waals surface area (Å²) in [6.07, 6.45) is 6.49. The zero-order chi connectivity index (χ0) is 13.7. The third-order valence-corrected chi connectivity index (χ3v) is 3.51. The molecule has 1 N–H and O–H groups in total. The number of halogens is 1. The minimum Gasteiger partial charge on any atom is -0.495 e. The molecule has 2 rings (SSSR count). The van der Waals surface area contributed by atoms with E-state index in [0.717, 1.165) is 36.9 Å². The number of hydrogen-bond donors (Lipinski definition) is 1. The fraction of sp³-hybridized carbons (Fsp3) is 0.400. The summed E-state index contributed by atoms with van der Waals surface area (Å²) in [5.74, 6) is 0.952. The van der Waals surface area contributed by atoms with Gasteiger partial charge in [0, 0.05) is 23.2 Å². The minimum atomic E-state index is 0.242. The van der Waals surface area contributed by atoms with Gasteiger partial charge in [0.1, 0.15) is 5.75 Å². The van der Waals surface area contributed by atoms with Crippen LogP contribution in [-0.2, 0) is 4.79 Å². The lowest BCUT2D eigenvalue weighted by molar-refractivity contribution is -0.115. The Bertz CT molecular complexity index is 497. The van der Waals surface area contributed by atoms with Crippen molar-refractivity contribution >= 4 is 23.1 Å². The van der Waals surface area contributed by atoms with Crippen molar-refractivity contribution in [2.75, 3.05) is 12.4 Å². The molecule has 1 fully saturated rings. The van der Waals surface area contributed by atoms with Crippen LogP contribution in [0.4, 0.5) is 5.69 Å². The maximum absolute atomic E-state index is 11.9. The molecule has 0 radical (unpaired) electrons. The van der Waals surface area contributed by atoms with Crippen LogP contribution in [0.15, 0.2) is 30.0 Å². The van der Waals surface area contributed by atoms with Crippen LogP contribution < -0.4 is 10.1 Å². The van der Waals surface area contributed by atoms with Crippen LogP contribution in [0, 0.1) is 0 Å². The molecule has 0 aliphatic heterocycles. The zero-order valence-electron chi connectivity index (χ0n) is 11.0. The number of ketones is 1. The number of ether oxygens (including phenoxy) is 1. The normalized spacial score (nSPS) is 18.2. The first-order chi connectivity index (χ1) is 9.20. The van der Waals surface area contributed by atoms with Gasteiger partial charge in [-0.25, -0.2) is 0 Å². The summed E-state index contributed by atoms with van der Waals surface area (Å²) in [4.78, 5) is 11.9. The van der Waals surface area contributed by atoms with Gasteiger partial charge in [-0.3, -0.25) is 4.79 Å². The lowest BCUT2D eigenvalue weighted by Gasteiger charge is -2.10. The average Bonchev–Trinajstić information content (AvgIpc) is 2.61. The first-order valence-electron chi connectivity index (χ1n) is 6.53. The topological polar surface area (TPSA) is 38.3 Å². The maximum atomic E-state index is 11.9. The smallest absolute Gasteiger partial charge is 0.160 e. The van der Waals surface area contributed by atoms with Crippen molar-refractivity contribution < 1.29 is 9.53 Å². The molecule has 19 heavy (non-hydrogen) atoms. The van der Waals surface area contributed by atoms with Crippen LogP contribution in [0.2, 0.25) is 5.02 Å². The Balaban J connectivity index is 2.16. The molecule has 1 aromatic rings. The summed E-state index contributed by atoms with van der Waals surface area (Å²) in [6.45, 7) is 0. The second-order valence-electron chi connectivity index (χ2n) is 4.64. The highest BCUT2D eigenvalue weighted by Crippen LogP contribution is 2.28. The van der Waals surface area contributed by atoms with Crippen molar-refractivity contribution in [1.29, 1.82) is 0 Å². The molecule has 4 heteroatoms. The maximum Gasteiger partial charge on any atom is 0.160 e. The van der Waals surface area contributed by atoms with E-state index in [-0.39, 0.29) is 5.78 Å². The van der Waals surface area contributed by atoms with Gasteiger partial charge >= 0.3 is 0 Å². The molecule has 0 amide bonds. The van der Waals surface area contributed by atoms with Gasteiger partial charge in [0.05, 0.1) is 12.8 Å². The van der Waals surface area contributed by atoms with Crippen LogP contribution in [0.3, 0.4) is 0 Å². The van der Waals surface area contributed by atoms with Gasteiger partial charge < -0.3 is 10.1 Å². The summed E-state index contributed by atoms with van der Waals surface area (Å²) >= 11 is 5.97. The standard InChI is InChI=1S/C15H18ClNO2/c1-19-15-8-7-12(16)9-13(15)17-10-11-5-3-2-4-6-14(11)18/h7-10,17H,2-6H2,1H3. The molecule has 0 heterocycles. The summed E-state index contributed by atoms with van der Waals surface area (Å²) in [5, 5.41) is 3.77. The van der Waals surface area contributed by atoms with Crippen molar-refractivity contribution in [1.82, 2.24) is 0 Å². The Kier molecular flexibility index (Phi) is 4.86. The van der Waals surface area contributed by atoms with Crippen molar-refractivity contribution in [2.24, 2.45) is 0 Å². The third kappa shape index (κ3) is 3.74. The van der Waals surface area contributed by atoms with E-state index in [9.17, 15) is 4.79 Å². The SMILES string of the molecule is COc1ccc(Cl)cc1NC=C1CCCCCC1=O. The van der Waals surface area contributed by atoms with Crippen LogP contribution in [0.1, 0.15) is 32.1 Å². The molecule has 0 bridgehead atoms. The second-order valence-corrected chi connectivity index (χ2v) is 5.08. The molecule has 1 aliphatic carbocycles. The van der Waals surface area contributed by atoms with Crippen LogP contribution in [-0.4, -0.2) is 12.9 Å². The number of rotatable bonds is 3. The molecule has 1 saturated carbocycles. The first-order valence-corrected chi connectivity index (χ1v) is 6.91. The molecular formula is C15H18ClNO2. The van der Waals surface area contributed by atoms with E-state index in [1.54, 1.807) is 31.5 Å². The van der Waals surface area contributed by atoms with Gasteiger partial charge in [-0.05, 0) is 37.5 Å². The average molecular weight is 280 g/mol. The molecule has 1 aromatic carbocycles. The van der Waals surface area contributed by atoms with Crippen molar-refractivity contribution in [3.8, 4) is 5.75 Å². The second kappa shape index (κ2) is 6.62. The Hall–Kier alpha value is -1.48. The fourth-order valence-corrected chi connectivity index (χ4v) is 2.36. The number of allylic oxidation sites excluding steroid dienone is 1. The largest absolute Gasteiger partial charge is 0.495 e. The molecule has 0 atom stereocenters. The van der Waals surface area contributed by atoms with E-state index in [4.69, 9.17) is 16.3 Å². The van der Waals surface area contributed by atoms with Crippen LogP contribution in [0.25, 0.3) is 0 Å². The summed E-state index contributed by atoms with van der Waals surface area (Å²) in [6, 6.07) is 5.37. The minimum absolute atomic E-state index is 0.242. The number of carbonyl (C=O) groups is 1. The highest BCUT2D eigenvalue weighted by Gasteiger charge is 2.13. The van der Waals surface area contributed by atoms with E-state index < -0.39 is 0 Å². The monoisotopic (exact) mass is 279 g/mol. The highest BCUT2D eigenvalue weighted by molar-refractivity contribution is 6.30. The number of Topliss-reactive ketones (excluding diaryl/α,β-unsaturated/α-hetero) is 1. The van der Waals surface area contributed by atoms with Gasteiger partial charge in [0.15, 0.2) is 5.78 Å². The van der Waals surface area contributed by atoms with Gasteiger partial charge in [-0.15, -0.1) is 0 Å². The number of anilines is 1. The lowest BCUT2D eigenvalue weighted by atomic mass is 10.1. The van der Waals surface area contributed by atoms with Gasteiger partial charge in [0.25, 0.3) is 0 Å². The van der Waals surface area contributed by atoms with Crippen molar-refractivity contribution in [3.63, 3.8) is 0 Å². The molecule has 0 aromatic heterocycles. The molecule has 0 spiro atoms. The van der Waals surface area contributed by atoms with Crippen molar-refractivity contribution in [2.45, 2.75) is 32.1 Å². The predicted octanol–water partition coefficient (Wildman–Crippen LogP) is 4.18. The Morgan fingerprint density at radius 3 is 2.84 bits per heavy atom. The Labute approximate surface area is 118 Å². The van der Waals surface area contributed by atoms with E-state index >= 15 is 0 Å². The summed E-state index contributed by atoms with van der Waals surface area (Å²) in [5.41, 5.74) is 1.64. The molecular weight excluding hydrogens is 262 g/mol. The predicted molar refractivity (Wildman–Crippen MR) is 77.8 cm³/mol. The summed E-state index contributed by atoms with van der Waals surface area (Å²) < 4.78 is 5.26. The molecule has 1 aliphatic rings. The van der Waals surface area contributed by atoms with Crippen molar-refractivity contribution in [3.05, 3.63) is 35.0 Å². The number of nitrogens with one attached hydrogen (secondary N) is 1. The number of hydrogen-bond acceptors (Lipinski definition) is 3. The van der Waals surface area contributed by atoms with E-state index in [2.05, 4.69) is 5.32 Å². The molecule has 0 saturated heterocycles. The van der Waals surface area contributed by atoms with E-state index in [1.807, 2.05) is 0 Å². The van der Waals surface area contributed by atoms with Gasteiger partial charge in [0.2, 0.25) is 0 Å². The Morgan fingerprint density at radius 1 is 1.26 bits per heavy atom. The molecule has 102 valence electrons. The van der Waals surface area contributed by atoms with E-state index in [1.165, 1.54) is 0 Å². The highest BCUT2D eigenvalue weighted by atomic mass is 35.5. The van der Waals surface area contributed by atoms with Gasteiger partial charge in [-0.2, -0.15) is 0 Å². The first kappa shape index (κ1) is 13.9. The summed E-state index contributed by atoms with van der Waals surface area (Å²) in [7, 11) is 1.61. The fourth-order valence-electron chi connectivity index (χ4n) is 2.19. The van der Waals surface area contributed by atoms with Crippen LogP contribution >= 0.6 is 11.6 Å². The zero-order valence-corrected chi connectivity index (χ0v) is 11.8. The van der Waals surface area contributed by atoms with Crippen LogP contribution in [0.5, 0.6) is 5.75 Å². The number of benzene rings is 1. The number of methoxy groups -OCH3 is 1. The number of carbonyl (C=O) groups excluding carboxylic acids is 1. The quantitative estimate of drug-likeness (QED) is 0.666. The molecule has 0 unspecified atom stereocenters. The third-order valence-electron chi connectivity index (χ3n) is 3.27. The van der Waals surface area contributed by atoms with Gasteiger partial charge in [-0.1, -0.05) is 18.0 Å². The molecule has 3 nitrogen and oxygen atoms in total. The van der Waals surface area contributed by atoms with E-state index in [0.29, 0.717) is 17.2 Å². The Morgan fingerprint density at radius 2 is 2.05 bits per heavy atom.